The van der Waals surface area contributed by atoms with Gasteiger partial charge in [0.25, 0.3) is 0 Å². The van der Waals surface area contributed by atoms with Crippen molar-refractivity contribution in [2.24, 2.45) is 0 Å². The SMILES string of the molecule is CN(C)c1ccc(-c2ccc(N3C(=O)[C@H](SC[C@H](O)c4ccc(F)cc4)[C@H]3c3ccc(O)cc3)cc2)cn1. The molecular weight excluding hydrogens is 501 g/mol. The van der Waals surface area contributed by atoms with E-state index in [-0.39, 0.29) is 23.5 Å². The summed E-state index contributed by atoms with van der Waals surface area (Å²) in [6.45, 7) is 0. The minimum atomic E-state index is -0.824. The predicted molar refractivity (Wildman–Crippen MR) is 150 cm³/mol. The van der Waals surface area contributed by atoms with Crippen molar-refractivity contribution in [3.8, 4) is 16.9 Å². The molecule has 1 aliphatic rings. The highest BCUT2D eigenvalue weighted by molar-refractivity contribution is 8.00. The molecule has 2 heterocycles. The van der Waals surface area contributed by atoms with E-state index in [0.717, 1.165) is 28.2 Å². The largest absolute Gasteiger partial charge is 0.508 e. The first-order valence-corrected chi connectivity index (χ1v) is 13.3. The van der Waals surface area contributed by atoms with Gasteiger partial charge in [-0.25, -0.2) is 9.37 Å². The van der Waals surface area contributed by atoms with Crippen LogP contribution in [0.5, 0.6) is 5.75 Å². The number of aliphatic hydroxyl groups is 1. The molecule has 3 atom stereocenters. The Balaban J connectivity index is 1.36. The third kappa shape index (κ3) is 5.23. The van der Waals surface area contributed by atoms with E-state index >= 15 is 0 Å². The molecule has 0 aliphatic carbocycles. The zero-order chi connectivity index (χ0) is 26.8. The summed E-state index contributed by atoms with van der Waals surface area (Å²) in [7, 11) is 3.89. The number of phenolic OH excluding ortho intramolecular Hbond substituents is 1. The molecule has 0 unspecified atom stereocenters. The summed E-state index contributed by atoms with van der Waals surface area (Å²) in [4.78, 5) is 21.6. The molecule has 2 N–H and O–H groups in total. The molecule has 8 heteroatoms. The quantitative estimate of drug-likeness (QED) is 0.290. The summed E-state index contributed by atoms with van der Waals surface area (Å²) in [6, 6.07) is 24.1. The average molecular weight is 530 g/mol. The monoisotopic (exact) mass is 529 g/mol. The van der Waals surface area contributed by atoms with Gasteiger partial charge in [0.05, 0.1) is 12.1 Å². The molecule has 0 spiro atoms. The number of aromatic hydroxyl groups is 1. The van der Waals surface area contributed by atoms with Crippen molar-refractivity contribution in [3.05, 3.63) is 108 Å². The fourth-order valence-corrected chi connectivity index (χ4v) is 5.82. The smallest absolute Gasteiger partial charge is 0.243 e. The molecule has 0 saturated carbocycles. The lowest BCUT2D eigenvalue weighted by atomic mass is 9.92. The number of anilines is 2. The second-order valence-electron chi connectivity index (χ2n) is 9.41. The molecule has 1 amide bonds. The Morgan fingerprint density at radius 1 is 0.947 bits per heavy atom. The summed E-state index contributed by atoms with van der Waals surface area (Å²) in [5.74, 6) is 0.906. The second kappa shape index (κ2) is 10.8. The number of hydrogen-bond donors (Lipinski definition) is 2. The molecule has 1 aliphatic heterocycles. The minimum Gasteiger partial charge on any atom is -0.508 e. The lowest BCUT2D eigenvalue weighted by molar-refractivity contribution is -0.123. The van der Waals surface area contributed by atoms with Crippen LogP contribution in [0.25, 0.3) is 11.1 Å². The van der Waals surface area contributed by atoms with Gasteiger partial charge < -0.3 is 20.0 Å². The molecule has 3 aromatic carbocycles. The van der Waals surface area contributed by atoms with Crippen molar-refractivity contribution in [2.75, 3.05) is 29.6 Å². The topological polar surface area (TPSA) is 76.9 Å². The first-order valence-electron chi connectivity index (χ1n) is 12.2. The maximum atomic E-state index is 13.4. The first-order chi connectivity index (χ1) is 18.3. The number of thioether (sulfide) groups is 1. The molecule has 4 aromatic rings. The zero-order valence-corrected chi connectivity index (χ0v) is 21.8. The molecular formula is C30H28FN3O3S. The number of benzene rings is 3. The fraction of sp³-hybridized carbons (Fsp3) is 0.200. The number of halogens is 1. The Morgan fingerprint density at radius 2 is 1.61 bits per heavy atom. The van der Waals surface area contributed by atoms with Crippen LogP contribution in [0, 0.1) is 5.82 Å². The third-order valence-electron chi connectivity index (χ3n) is 6.65. The van der Waals surface area contributed by atoms with Crippen molar-refractivity contribution in [2.45, 2.75) is 17.4 Å². The van der Waals surface area contributed by atoms with Crippen molar-refractivity contribution in [3.63, 3.8) is 0 Å². The van der Waals surface area contributed by atoms with E-state index in [1.54, 1.807) is 29.2 Å². The molecule has 5 rings (SSSR count). The number of nitrogens with zero attached hydrogens (tertiary/aromatic N) is 3. The first kappa shape index (κ1) is 25.8. The van der Waals surface area contributed by atoms with Crippen LogP contribution < -0.4 is 9.80 Å². The van der Waals surface area contributed by atoms with E-state index in [0.29, 0.717) is 11.3 Å². The van der Waals surface area contributed by atoms with Crippen LogP contribution in [-0.2, 0) is 4.79 Å². The number of β-lactam (4-membered cyclic amide) rings is 1. The molecule has 38 heavy (non-hydrogen) atoms. The van der Waals surface area contributed by atoms with Crippen LogP contribution in [0.4, 0.5) is 15.9 Å². The lowest BCUT2D eigenvalue weighted by Crippen LogP contribution is -2.57. The number of rotatable bonds is 8. The van der Waals surface area contributed by atoms with Gasteiger partial charge in [-0.1, -0.05) is 36.4 Å². The van der Waals surface area contributed by atoms with E-state index in [2.05, 4.69) is 4.98 Å². The van der Waals surface area contributed by atoms with Gasteiger partial charge in [0.1, 0.15) is 22.6 Å². The number of aromatic nitrogens is 1. The number of pyridine rings is 1. The molecule has 0 radical (unpaired) electrons. The molecule has 1 aromatic heterocycles. The van der Waals surface area contributed by atoms with E-state index in [9.17, 15) is 19.4 Å². The van der Waals surface area contributed by atoms with Crippen LogP contribution in [0.1, 0.15) is 23.3 Å². The molecule has 1 saturated heterocycles. The highest BCUT2D eigenvalue weighted by Crippen LogP contribution is 2.46. The van der Waals surface area contributed by atoms with Gasteiger partial charge in [-0.15, -0.1) is 11.8 Å². The number of hydrogen-bond acceptors (Lipinski definition) is 6. The number of carbonyl (C=O) groups excluding carboxylic acids is 1. The van der Waals surface area contributed by atoms with Gasteiger partial charge in [0.2, 0.25) is 5.91 Å². The van der Waals surface area contributed by atoms with Crippen LogP contribution in [0.15, 0.2) is 91.1 Å². The number of phenols is 1. The van der Waals surface area contributed by atoms with Crippen LogP contribution in [0.2, 0.25) is 0 Å². The Labute approximate surface area is 225 Å². The normalized spacial score (nSPS) is 17.7. The van der Waals surface area contributed by atoms with Gasteiger partial charge in [0.15, 0.2) is 0 Å². The van der Waals surface area contributed by atoms with Crippen molar-refractivity contribution >= 4 is 29.2 Å². The fourth-order valence-electron chi connectivity index (χ4n) is 4.52. The maximum Gasteiger partial charge on any atom is 0.243 e. The van der Waals surface area contributed by atoms with E-state index in [1.807, 2.05) is 73.7 Å². The highest BCUT2D eigenvalue weighted by Gasteiger charge is 2.49. The zero-order valence-electron chi connectivity index (χ0n) is 21.0. The highest BCUT2D eigenvalue weighted by atomic mass is 32.2. The Bertz CT molecular complexity index is 1400. The summed E-state index contributed by atoms with van der Waals surface area (Å²) < 4.78 is 13.3. The van der Waals surface area contributed by atoms with Gasteiger partial charge in [-0.05, 0) is 65.2 Å². The lowest BCUT2D eigenvalue weighted by Gasteiger charge is -2.47. The van der Waals surface area contributed by atoms with Crippen molar-refractivity contribution in [1.29, 1.82) is 0 Å². The third-order valence-corrected chi connectivity index (χ3v) is 7.98. The van der Waals surface area contributed by atoms with Gasteiger partial charge in [-0.3, -0.25) is 4.79 Å². The van der Waals surface area contributed by atoms with Crippen molar-refractivity contribution in [1.82, 2.24) is 4.98 Å². The molecule has 1 fully saturated rings. The number of amides is 1. The molecule has 194 valence electrons. The van der Waals surface area contributed by atoms with E-state index < -0.39 is 11.4 Å². The van der Waals surface area contributed by atoms with Gasteiger partial charge >= 0.3 is 0 Å². The Hall–Kier alpha value is -3.88. The van der Waals surface area contributed by atoms with Crippen LogP contribution >= 0.6 is 11.8 Å². The van der Waals surface area contributed by atoms with E-state index in [4.69, 9.17) is 0 Å². The average Bonchev–Trinajstić information content (AvgIpc) is 2.93. The maximum absolute atomic E-state index is 13.4. The number of carbonyl (C=O) groups is 1. The summed E-state index contributed by atoms with van der Waals surface area (Å²) in [6.07, 6.45) is 1.01. The Morgan fingerprint density at radius 3 is 2.21 bits per heavy atom. The van der Waals surface area contributed by atoms with Gasteiger partial charge in [0, 0.05) is 37.3 Å². The summed E-state index contributed by atoms with van der Waals surface area (Å²) >= 11 is 1.38. The molecule has 0 bridgehead atoms. The molecule has 6 nitrogen and oxygen atoms in total. The summed E-state index contributed by atoms with van der Waals surface area (Å²) in [5, 5.41) is 20.0. The van der Waals surface area contributed by atoms with Crippen molar-refractivity contribution < 1.29 is 19.4 Å². The minimum absolute atomic E-state index is 0.0517. The van der Waals surface area contributed by atoms with Crippen LogP contribution in [-0.4, -0.2) is 46.2 Å². The number of aliphatic hydroxyl groups excluding tert-OH is 1. The predicted octanol–water partition coefficient (Wildman–Crippen LogP) is 5.58. The standard InChI is InChI=1S/C30H28FN3O3S/c1-33(2)27-16-9-22(17-32-27)19-5-12-24(13-6-19)34-28(21-7-14-25(35)15-8-21)29(30(34)37)38-18-26(36)20-3-10-23(31)11-4-20/h3-17,26,28-29,35-36H,18H2,1-2H3/t26-,28+,29+/m0/s1. The van der Waals surface area contributed by atoms with Crippen LogP contribution in [0.3, 0.4) is 0 Å². The second-order valence-corrected chi connectivity index (χ2v) is 10.6. The summed E-state index contributed by atoms with van der Waals surface area (Å²) in [5.41, 5.74) is 4.24. The Kier molecular flexibility index (Phi) is 7.35. The van der Waals surface area contributed by atoms with E-state index in [1.165, 1.54) is 23.9 Å². The van der Waals surface area contributed by atoms with Gasteiger partial charge in [-0.2, -0.15) is 0 Å².